The van der Waals surface area contributed by atoms with Crippen LogP contribution in [0.1, 0.15) is 35.2 Å². The van der Waals surface area contributed by atoms with Crippen molar-refractivity contribution in [2.45, 2.75) is 31.1 Å². The van der Waals surface area contributed by atoms with Gasteiger partial charge in [-0.3, -0.25) is 0 Å². The van der Waals surface area contributed by atoms with Crippen LogP contribution in [0, 0.1) is 18.3 Å². The second-order valence-corrected chi connectivity index (χ2v) is 7.02. The molecule has 114 valence electrons. The fourth-order valence-electron chi connectivity index (χ4n) is 1.65. The minimum absolute atomic E-state index is 0.0609. The van der Waals surface area contributed by atoms with E-state index < -0.39 is 16.0 Å². The summed E-state index contributed by atoms with van der Waals surface area (Å²) < 4.78 is 27.0. The van der Waals surface area contributed by atoms with Crippen LogP contribution in [-0.4, -0.2) is 26.0 Å². The molecule has 2 N–H and O–H groups in total. The molecule has 0 heterocycles. The van der Waals surface area contributed by atoms with Crippen LogP contribution < -0.4 is 4.72 Å². The Bertz CT molecular complexity index is 680. The van der Waals surface area contributed by atoms with Gasteiger partial charge in [-0.2, -0.15) is 5.26 Å². The van der Waals surface area contributed by atoms with Crippen molar-refractivity contribution in [2.24, 2.45) is 0 Å². The van der Waals surface area contributed by atoms with Gasteiger partial charge in [-0.05, 0) is 37.5 Å². The predicted molar refractivity (Wildman–Crippen MR) is 80.5 cm³/mol. The summed E-state index contributed by atoms with van der Waals surface area (Å²) in [6.07, 6.45) is 1.53. The Morgan fingerprint density at radius 3 is 2.67 bits per heavy atom. The number of nitrogens with one attached hydrogen (secondary N) is 1. The number of carbonyl (C=O) groups is 1. The van der Waals surface area contributed by atoms with E-state index in [-0.39, 0.29) is 17.0 Å². The summed E-state index contributed by atoms with van der Waals surface area (Å²) in [5, 5.41) is 17.5. The lowest BCUT2D eigenvalue weighted by molar-refractivity contribution is 0.0695. The number of rotatable bonds is 7. The van der Waals surface area contributed by atoms with Gasteiger partial charge in [0, 0.05) is 17.4 Å². The minimum Gasteiger partial charge on any atom is -0.478 e. The van der Waals surface area contributed by atoms with E-state index in [4.69, 9.17) is 10.4 Å². The molecule has 0 radical (unpaired) electrons. The topological polar surface area (TPSA) is 107 Å². The largest absolute Gasteiger partial charge is 0.478 e. The van der Waals surface area contributed by atoms with Crippen molar-refractivity contribution in [2.75, 3.05) is 6.54 Å². The Hall–Kier alpha value is -1.43. The number of sulfonamides is 1. The Morgan fingerprint density at radius 1 is 1.43 bits per heavy atom. The number of unbranched alkanes of at least 4 members (excludes halogenated alkanes) is 2. The van der Waals surface area contributed by atoms with Gasteiger partial charge in [-0.15, -0.1) is 0 Å². The second-order valence-electron chi connectivity index (χ2n) is 4.40. The van der Waals surface area contributed by atoms with Gasteiger partial charge in [-0.1, -0.05) is 15.9 Å². The fourth-order valence-corrected chi connectivity index (χ4v) is 3.39. The quantitative estimate of drug-likeness (QED) is 0.712. The number of carboxylic acid groups (broad SMARTS) is 1. The number of hydrogen-bond acceptors (Lipinski definition) is 4. The molecule has 0 atom stereocenters. The van der Waals surface area contributed by atoms with E-state index in [9.17, 15) is 13.2 Å². The minimum atomic E-state index is -3.77. The van der Waals surface area contributed by atoms with Gasteiger partial charge in [0.15, 0.2) is 0 Å². The molecule has 0 aliphatic heterocycles. The standard InChI is InChI=1S/C13H15BrN2O4S/c1-9-11(13(17)18)7-10(8-12(9)14)21(19,20)16-6-4-2-3-5-15/h7-8,16H,2-4,6H2,1H3,(H,17,18). The molecule has 0 aliphatic rings. The maximum Gasteiger partial charge on any atom is 0.336 e. The van der Waals surface area contributed by atoms with E-state index in [1.165, 1.54) is 6.07 Å². The van der Waals surface area contributed by atoms with Gasteiger partial charge in [0.2, 0.25) is 10.0 Å². The SMILES string of the molecule is Cc1c(Br)cc(S(=O)(=O)NCCCCC#N)cc1C(=O)O. The molecule has 8 heteroatoms. The zero-order valence-corrected chi connectivity index (χ0v) is 13.8. The van der Waals surface area contributed by atoms with Gasteiger partial charge in [0.1, 0.15) is 0 Å². The molecule has 0 saturated carbocycles. The normalized spacial score (nSPS) is 11.1. The lowest BCUT2D eigenvalue weighted by Gasteiger charge is -2.10. The molecule has 0 spiro atoms. The molecular weight excluding hydrogens is 360 g/mol. The van der Waals surface area contributed by atoms with Crippen LogP contribution in [0.4, 0.5) is 0 Å². The van der Waals surface area contributed by atoms with Crippen LogP contribution in [0.25, 0.3) is 0 Å². The lowest BCUT2D eigenvalue weighted by atomic mass is 10.1. The molecular formula is C13H15BrN2O4S. The van der Waals surface area contributed by atoms with Crippen LogP contribution >= 0.6 is 15.9 Å². The molecule has 0 amide bonds. The van der Waals surface area contributed by atoms with Crippen molar-refractivity contribution in [3.05, 3.63) is 27.7 Å². The average Bonchev–Trinajstić information content (AvgIpc) is 2.40. The van der Waals surface area contributed by atoms with Gasteiger partial charge in [0.05, 0.1) is 16.5 Å². The van der Waals surface area contributed by atoms with Crippen LogP contribution in [0.5, 0.6) is 0 Å². The summed E-state index contributed by atoms with van der Waals surface area (Å²) in [6.45, 7) is 1.80. The first-order valence-corrected chi connectivity index (χ1v) is 8.47. The van der Waals surface area contributed by atoms with Crippen molar-refractivity contribution >= 4 is 31.9 Å². The molecule has 21 heavy (non-hydrogen) atoms. The lowest BCUT2D eigenvalue weighted by Crippen LogP contribution is -2.25. The Balaban J connectivity index is 2.94. The fraction of sp³-hybridized carbons (Fsp3) is 0.385. The number of nitrogens with zero attached hydrogens (tertiary/aromatic N) is 1. The van der Waals surface area contributed by atoms with Crippen LogP contribution in [0.3, 0.4) is 0 Å². The second kappa shape index (κ2) is 7.54. The average molecular weight is 375 g/mol. The first kappa shape index (κ1) is 17.6. The monoisotopic (exact) mass is 374 g/mol. The number of carboxylic acids is 1. The van der Waals surface area contributed by atoms with Gasteiger partial charge >= 0.3 is 5.97 Å². The molecule has 6 nitrogen and oxygen atoms in total. The zero-order chi connectivity index (χ0) is 16.0. The highest BCUT2D eigenvalue weighted by atomic mass is 79.9. The molecule has 0 aliphatic carbocycles. The summed E-state index contributed by atoms with van der Waals surface area (Å²) in [6, 6.07) is 4.50. The Morgan fingerprint density at radius 2 is 2.10 bits per heavy atom. The highest BCUT2D eigenvalue weighted by Gasteiger charge is 2.19. The van der Waals surface area contributed by atoms with Crippen molar-refractivity contribution < 1.29 is 18.3 Å². The van der Waals surface area contributed by atoms with Crippen LogP contribution in [0.15, 0.2) is 21.5 Å². The third kappa shape index (κ3) is 4.81. The Labute approximate surface area is 132 Å². The number of nitriles is 1. The van der Waals surface area contributed by atoms with Crippen LogP contribution in [-0.2, 0) is 10.0 Å². The summed E-state index contributed by atoms with van der Waals surface area (Å²) in [7, 11) is -3.77. The van der Waals surface area contributed by atoms with Crippen molar-refractivity contribution in [1.82, 2.24) is 4.72 Å². The third-order valence-corrected chi connectivity index (χ3v) is 5.13. The Kier molecular flexibility index (Phi) is 6.33. The van der Waals surface area contributed by atoms with E-state index in [0.29, 0.717) is 29.3 Å². The highest BCUT2D eigenvalue weighted by molar-refractivity contribution is 9.10. The molecule has 0 bridgehead atoms. The van der Waals surface area contributed by atoms with Crippen molar-refractivity contribution in [3.8, 4) is 6.07 Å². The van der Waals surface area contributed by atoms with E-state index >= 15 is 0 Å². The zero-order valence-electron chi connectivity index (χ0n) is 11.4. The van der Waals surface area contributed by atoms with E-state index in [2.05, 4.69) is 20.7 Å². The third-order valence-electron chi connectivity index (χ3n) is 2.87. The van der Waals surface area contributed by atoms with E-state index in [1.807, 2.05) is 6.07 Å². The summed E-state index contributed by atoms with van der Waals surface area (Å²) in [5.41, 5.74) is 0.407. The number of hydrogen-bond donors (Lipinski definition) is 2. The molecule has 0 aromatic heterocycles. The smallest absolute Gasteiger partial charge is 0.336 e. The first-order chi connectivity index (χ1) is 9.79. The van der Waals surface area contributed by atoms with E-state index in [1.54, 1.807) is 6.92 Å². The maximum atomic E-state index is 12.1. The first-order valence-electron chi connectivity index (χ1n) is 6.19. The van der Waals surface area contributed by atoms with Crippen molar-refractivity contribution in [1.29, 1.82) is 5.26 Å². The van der Waals surface area contributed by atoms with Crippen molar-refractivity contribution in [3.63, 3.8) is 0 Å². The summed E-state index contributed by atoms with van der Waals surface area (Å²) >= 11 is 3.17. The molecule has 0 saturated heterocycles. The number of benzene rings is 1. The molecule has 1 aromatic rings. The molecule has 1 aromatic carbocycles. The van der Waals surface area contributed by atoms with Crippen LogP contribution in [0.2, 0.25) is 0 Å². The van der Waals surface area contributed by atoms with Gasteiger partial charge < -0.3 is 5.11 Å². The number of aromatic carboxylic acids is 1. The number of halogens is 1. The molecule has 0 fully saturated rings. The maximum absolute atomic E-state index is 12.1. The predicted octanol–water partition coefficient (Wildman–Crippen LogP) is 2.43. The van der Waals surface area contributed by atoms with Gasteiger partial charge in [0.25, 0.3) is 0 Å². The van der Waals surface area contributed by atoms with Gasteiger partial charge in [-0.25, -0.2) is 17.9 Å². The highest BCUT2D eigenvalue weighted by Crippen LogP contribution is 2.24. The summed E-state index contributed by atoms with van der Waals surface area (Å²) in [4.78, 5) is 11.0. The summed E-state index contributed by atoms with van der Waals surface area (Å²) in [5.74, 6) is -1.18. The van der Waals surface area contributed by atoms with E-state index in [0.717, 1.165) is 6.07 Å². The molecule has 0 unspecified atom stereocenters. The molecule has 1 rings (SSSR count).